The molecule has 0 saturated heterocycles. The van der Waals surface area contributed by atoms with E-state index in [2.05, 4.69) is 9.97 Å². The van der Waals surface area contributed by atoms with Gasteiger partial charge in [0.25, 0.3) is 0 Å². The standard InChI is InChI=1S/C11H12N4O/c1-15-7-9(8-3-2-4-13-6-8)14-11(15)5-10(12)16/h2-4,6-7H,5H2,1H3,(H2,12,16). The molecule has 5 heteroatoms. The molecule has 0 fully saturated rings. The number of hydrogen-bond donors (Lipinski definition) is 1. The minimum atomic E-state index is -0.383. The molecule has 0 bridgehead atoms. The molecule has 2 aromatic heterocycles. The van der Waals surface area contributed by atoms with Gasteiger partial charge in [-0.2, -0.15) is 0 Å². The number of imidazole rings is 1. The van der Waals surface area contributed by atoms with Crippen LogP contribution in [0.15, 0.2) is 30.7 Å². The Hall–Kier alpha value is -2.17. The highest BCUT2D eigenvalue weighted by Gasteiger charge is 2.09. The van der Waals surface area contributed by atoms with Gasteiger partial charge in [-0.05, 0) is 12.1 Å². The number of nitrogens with zero attached hydrogens (tertiary/aromatic N) is 3. The number of carbonyl (C=O) groups is 1. The van der Waals surface area contributed by atoms with Crippen LogP contribution < -0.4 is 5.73 Å². The lowest BCUT2D eigenvalue weighted by atomic mass is 10.2. The molecular weight excluding hydrogens is 204 g/mol. The van der Waals surface area contributed by atoms with E-state index < -0.39 is 0 Å². The van der Waals surface area contributed by atoms with Gasteiger partial charge < -0.3 is 10.3 Å². The van der Waals surface area contributed by atoms with Gasteiger partial charge in [0.05, 0.1) is 12.1 Å². The molecule has 2 N–H and O–H groups in total. The Morgan fingerprint density at radius 2 is 2.38 bits per heavy atom. The van der Waals surface area contributed by atoms with Crippen LogP contribution in [0.3, 0.4) is 0 Å². The quantitative estimate of drug-likeness (QED) is 0.812. The predicted molar refractivity (Wildman–Crippen MR) is 59.3 cm³/mol. The monoisotopic (exact) mass is 216 g/mol. The van der Waals surface area contributed by atoms with Crippen molar-refractivity contribution in [1.82, 2.24) is 14.5 Å². The molecule has 0 aliphatic heterocycles. The topological polar surface area (TPSA) is 73.8 Å². The van der Waals surface area contributed by atoms with Crippen LogP contribution >= 0.6 is 0 Å². The third kappa shape index (κ3) is 2.08. The maximum Gasteiger partial charge on any atom is 0.225 e. The zero-order valence-electron chi connectivity index (χ0n) is 8.92. The average Bonchev–Trinajstić information content (AvgIpc) is 2.61. The number of amides is 1. The van der Waals surface area contributed by atoms with Crippen molar-refractivity contribution in [2.45, 2.75) is 6.42 Å². The van der Waals surface area contributed by atoms with Crippen molar-refractivity contribution in [3.63, 3.8) is 0 Å². The number of aromatic nitrogens is 3. The van der Waals surface area contributed by atoms with Crippen molar-refractivity contribution >= 4 is 5.91 Å². The minimum Gasteiger partial charge on any atom is -0.369 e. The first-order chi connectivity index (χ1) is 7.66. The van der Waals surface area contributed by atoms with Gasteiger partial charge >= 0.3 is 0 Å². The van der Waals surface area contributed by atoms with E-state index >= 15 is 0 Å². The van der Waals surface area contributed by atoms with Crippen LogP contribution in [0.4, 0.5) is 0 Å². The zero-order valence-corrected chi connectivity index (χ0v) is 8.92. The molecule has 0 spiro atoms. The third-order valence-corrected chi connectivity index (χ3v) is 2.26. The molecule has 2 aromatic rings. The molecule has 0 aromatic carbocycles. The maximum absolute atomic E-state index is 10.8. The second-order valence-electron chi connectivity index (χ2n) is 3.54. The fourth-order valence-electron chi connectivity index (χ4n) is 1.48. The van der Waals surface area contributed by atoms with Gasteiger partial charge in [-0.15, -0.1) is 0 Å². The number of carbonyl (C=O) groups excluding carboxylic acids is 1. The van der Waals surface area contributed by atoms with E-state index in [9.17, 15) is 4.79 Å². The van der Waals surface area contributed by atoms with Crippen LogP contribution in [-0.4, -0.2) is 20.4 Å². The maximum atomic E-state index is 10.8. The van der Waals surface area contributed by atoms with Crippen LogP contribution in [0.1, 0.15) is 5.82 Å². The Kier molecular flexibility index (Phi) is 2.68. The highest BCUT2D eigenvalue weighted by Crippen LogP contribution is 2.16. The van der Waals surface area contributed by atoms with Crippen molar-refractivity contribution in [2.75, 3.05) is 0 Å². The number of aryl methyl sites for hydroxylation is 1. The van der Waals surface area contributed by atoms with E-state index in [1.807, 2.05) is 25.4 Å². The highest BCUT2D eigenvalue weighted by molar-refractivity contribution is 5.76. The Bertz CT molecular complexity index is 504. The predicted octanol–water partition coefficient (Wildman–Crippen LogP) is 0.510. The Morgan fingerprint density at radius 3 is 3.00 bits per heavy atom. The number of rotatable bonds is 3. The third-order valence-electron chi connectivity index (χ3n) is 2.26. The molecule has 5 nitrogen and oxygen atoms in total. The molecule has 0 unspecified atom stereocenters. The molecule has 2 heterocycles. The normalized spacial score (nSPS) is 10.3. The van der Waals surface area contributed by atoms with Crippen LogP contribution in [0.25, 0.3) is 11.3 Å². The van der Waals surface area contributed by atoms with Crippen molar-refractivity contribution in [3.05, 3.63) is 36.5 Å². The summed E-state index contributed by atoms with van der Waals surface area (Å²) in [4.78, 5) is 19.2. The summed E-state index contributed by atoms with van der Waals surface area (Å²) in [6, 6.07) is 3.77. The van der Waals surface area contributed by atoms with Crippen LogP contribution in [0.5, 0.6) is 0 Å². The Labute approximate surface area is 92.9 Å². The SMILES string of the molecule is Cn1cc(-c2cccnc2)nc1CC(N)=O. The van der Waals surface area contributed by atoms with E-state index in [-0.39, 0.29) is 12.3 Å². The largest absolute Gasteiger partial charge is 0.369 e. The lowest BCUT2D eigenvalue weighted by Gasteiger charge is -1.95. The molecule has 1 amide bonds. The van der Waals surface area contributed by atoms with Crippen molar-refractivity contribution in [2.24, 2.45) is 12.8 Å². The summed E-state index contributed by atoms with van der Waals surface area (Å²) in [6.07, 6.45) is 5.44. The van der Waals surface area contributed by atoms with Gasteiger partial charge in [-0.3, -0.25) is 9.78 Å². The van der Waals surface area contributed by atoms with Crippen LogP contribution in [-0.2, 0) is 18.3 Å². The molecule has 2 rings (SSSR count). The number of hydrogen-bond acceptors (Lipinski definition) is 3. The molecule has 0 atom stereocenters. The van der Waals surface area contributed by atoms with Crippen LogP contribution in [0, 0.1) is 0 Å². The first-order valence-corrected chi connectivity index (χ1v) is 4.88. The van der Waals surface area contributed by atoms with Crippen molar-refractivity contribution < 1.29 is 4.79 Å². The summed E-state index contributed by atoms with van der Waals surface area (Å²) >= 11 is 0. The van der Waals surface area contributed by atoms with Crippen molar-refractivity contribution in [3.8, 4) is 11.3 Å². The van der Waals surface area contributed by atoms with E-state index in [1.54, 1.807) is 17.0 Å². The smallest absolute Gasteiger partial charge is 0.225 e. The van der Waals surface area contributed by atoms with E-state index in [1.165, 1.54) is 0 Å². The molecule has 0 saturated carbocycles. The van der Waals surface area contributed by atoms with Gasteiger partial charge in [-0.1, -0.05) is 0 Å². The molecule has 0 aliphatic rings. The van der Waals surface area contributed by atoms with Crippen LogP contribution in [0.2, 0.25) is 0 Å². The van der Waals surface area contributed by atoms with E-state index in [0.717, 1.165) is 11.3 Å². The second-order valence-corrected chi connectivity index (χ2v) is 3.54. The molecule has 0 aliphatic carbocycles. The average molecular weight is 216 g/mol. The van der Waals surface area contributed by atoms with Gasteiger partial charge in [0, 0.05) is 31.2 Å². The van der Waals surface area contributed by atoms with Gasteiger partial charge in [-0.25, -0.2) is 4.98 Å². The number of primary amides is 1. The van der Waals surface area contributed by atoms with Gasteiger partial charge in [0.2, 0.25) is 5.91 Å². The lowest BCUT2D eigenvalue weighted by molar-refractivity contribution is -0.117. The summed E-state index contributed by atoms with van der Waals surface area (Å²) in [5.74, 6) is 0.276. The first kappa shape index (κ1) is 10.4. The minimum absolute atomic E-state index is 0.150. The molecule has 0 radical (unpaired) electrons. The summed E-state index contributed by atoms with van der Waals surface area (Å²) in [5.41, 5.74) is 6.86. The van der Waals surface area contributed by atoms with Gasteiger partial charge in [0.1, 0.15) is 5.82 Å². The Morgan fingerprint density at radius 1 is 1.56 bits per heavy atom. The summed E-state index contributed by atoms with van der Waals surface area (Å²) in [6.45, 7) is 0. The number of nitrogens with two attached hydrogens (primary N) is 1. The Balaban J connectivity index is 2.34. The molecule has 82 valence electrons. The summed E-state index contributed by atoms with van der Waals surface area (Å²) < 4.78 is 1.80. The van der Waals surface area contributed by atoms with E-state index in [4.69, 9.17) is 5.73 Å². The van der Waals surface area contributed by atoms with E-state index in [0.29, 0.717) is 5.82 Å². The summed E-state index contributed by atoms with van der Waals surface area (Å²) in [5, 5.41) is 0. The fourth-order valence-corrected chi connectivity index (χ4v) is 1.48. The second kappa shape index (κ2) is 4.14. The fraction of sp³-hybridized carbons (Fsp3) is 0.182. The zero-order chi connectivity index (χ0) is 11.5. The highest BCUT2D eigenvalue weighted by atomic mass is 16.1. The lowest BCUT2D eigenvalue weighted by Crippen LogP contribution is -2.16. The molecular formula is C11H12N4O. The van der Waals surface area contributed by atoms with Crippen molar-refractivity contribution in [1.29, 1.82) is 0 Å². The number of pyridine rings is 1. The molecule has 16 heavy (non-hydrogen) atoms. The summed E-state index contributed by atoms with van der Waals surface area (Å²) in [7, 11) is 1.84. The first-order valence-electron chi connectivity index (χ1n) is 4.88. The van der Waals surface area contributed by atoms with Gasteiger partial charge in [0.15, 0.2) is 0 Å².